The summed E-state index contributed by atoms with van der Waals surface area (Å²) in [5.74, 6) is -0.452. The van der Waals surface area contributed by atoms with E-state index >= 15 is 0 Å². The van der Waals surface area contributed by atoms with Gasteiger partial charge in [-0.3, -0.25) is 9.59 Å². The molecule has 2 aromatic rings. The summed E-state index contributed by atoms with van der Waals surface area (Å²) in [6, 6.07) is 17.5. The molecule has 0 bridgehead atoms. The van der Waals surface area contributed by atoms with Gasteiger partial charge in [-0.25, -0.2) is 5.43 Å². The molecule has 0 radical (unpaired) electrons. The maximum absolute atomic E-state index is 11.9. The Morgan fingerprint density at radius 2 is 1.62 bits per heavy atom. The van der Waals surface area contributed by atoms with Crippen molar-refractivity contribution < 1.29 is 9.59 Å². The Morgan fingerprint density at radius 1 is 0.962 bits per heavy atom. The maximum atomic E-state index is 11.9. The summed E-state index contributed by atoms with van der Waals surface area (Å²) in [6.45, 7) is 2.00. The van der Waals surface area contributed by atoms with Crippen LogP contribution in [-0.4, -0.2) is 17.5 Å². The highest BCUT2D eigenvalue weighted by molar-refractivity contribution is 14.1. The lowest BCUT2D eigenvalue weighted by molar-refractivity contribution is -0.124. The summed E-state index contributed by atoms with van der Waals surface area (Å²) in [7, 11) is 0. The van der Waals surface area contributed by atoms with Gasteiger partial charge in [-0.1, -0.05) is 37.3 Å². The molecule has 2 aromatic carbocycles. The summed E-state index contributed by atoms with van der Waals surface area (Å²) in [6.07, 6.45) is 1.67. The van der Waals surface area contributed by atoms with Crippen LogP contribution in [0.2, 0.25) is 0 Å². The third-order valence-corrected chi connectivity index (χ3v) is 4.42. The van der Waals surface area contributed by atoms with E-state index in [1.807, 2.05) is 61.5 Å². The van der Waals surface area contributed by atoms with Crippen LogP contribution in [0.1, 0.15) is 31.7 Å². The van der Waals surface area contributed by atoms with Gasteiger partial charge in [0.15, 0.2) is 0 Å². The molecule has 0 fully saturated rings. The largest absolute Gasteiger partial charge is 0.326 e. The van der Waals surface area contributed by atoms with Crippen LogP contribution in [0.4, 0.5) is 5.69 Å². The lowest BCUT2D eigenvalue weighted by atomic mass is 10.1. The van der Waals surface area contributed by atoms with Gasteiger partial charge in [0, 0.05) is 34.2 Å². The Balaban J connectivity index is 1.76. The molecule has 5 nitrogen and oxygen atoms in total. The number of amides is 2. The second-order valence-corrected chi connectivity index (χ2v) is 7.03. The minimum atomic E-state index is -0.262. The van der Waals surface area contributed by atoms with Gasteiger partial charge in [0.2, 0.25) is 11.8 Å². The molecule has 0 saturated carbocycles. The number of hydrazone groups is 1. The molecule has 0 unspecified atom stereocenters. The van der Waals surface area contributed by atoms with Gasteiger partial charge in [-0.15, -0.1) is 0 Å². The zero-order valence-corrected chi connectivity index (χ0v) is 16.8. The Morgan fingerprint density at radius 3 is 2.27 bits per heavy atom. The molecule has 2 amide bonds. The number of nitrogens with zero attached hydrogens (tertiary/aromatic N) is 1. The molecule has 0 aliphatic rings. The van der Waals surface area contributed by atoms with Crippen molar-refractivity contribution in [2.75, 3.05) is 5.32 Å². The average Bonchev–Trinajstić information content (AvgIpc) is 2.66. The molecule has 0 atom stereocenters. The molecule has 6 heteroatoms. The summed E-state index contributed by atoms with van der Waals surface area (Å²) in [5.41, 5.74) is 5.32. The first kappa shape index (κ1) is 20.1. The zero-order valence-electron chi connectivity index (χ0n) is 14.7. The fourth-order valence-electron chi connectivity index (χ4n) is 2.26. The van der Waals surface area contributed by atoms with Crippen molar-refractivity contribution in [3.05, 3.63) is 63.7 Å². The number of rotatable bonds is 8. The van der Waals surface area contributed by atoms with Gasteiger partial charge < -0.3 is 5.32 Å². The van der Waals surface area contributed by atoms with Crippen LogP contribution in [0.3, 0.4) is 0 Å². The van der Waals surface area contributed by atoms with E-state index < -0.39 is 0 Å². The predicted octanol–water partition coefficient (Wildman–Crippen LogP) is 4.13. The van der Waals surface area contributed by atoms with E-state index in [0.29, 0.717) is 6.42 Å². The van der Waals surface area contributed by atoms with Crippen molar-refractivity contribution in [1.82, 2.24) is 5.43 Å². The van der Waals surface area contributed by atoms with Crippen molar-refractivity contribution in [1.29, 1.82) is 0 Å². The molecule has 2 rings (SSSR count). The van der Waals surface area contributed by atoms with Gasteiger partial charge in [0.25, 0.3) is 0 Å². The molecular weight excluding hydrogens is 441 g/mol. The molecule has 0 spiro atoms. The molecule has 0 saturated heterocycles. The molecule has 2 N–H and O–H groups in total. The Bertz CT molecular complexity index is 758. The molecule has 0 aliphatic heterocycles. The van der Waals surface area contributed by atoms with E-state index in [-0.39, 0.29) is 24.7 Å². The molecular formula is C20H22IN3O2. The Labute approximate surface area is 167 Å². The SMILES string of the molecule is CCC(Cc1ccccc1)=NNC(=O)CCC(=O)Nc1ccc(I)cc1. The fraction of sp³-hybridized carbons (Fsp3) is 0.250. The highest BCUT2D eigenvalue weighted by Gasteiger charge is 2.07. The van der Waals surface area contributed by atoms with E-state index in [1.165, 1.54) is 0 Å². The summed E-state index contributed by atoms with van der Waals surface area (Å²) >= 11 is 2.20. The van der Waals surface area contributed by atoms with Gasteiger partial charge in [-0.2, -0.15) is 5.10 Å². The van der Waals surface area contributed by atoms with Crippen LogP contribution < -0.4 is 10.7 Å². The first-order valence-corrected chi connectivity index (χ1v) is 9.58. The highest BCUT2D eigenvalue weighted by atomic mass is 127. The van der Waals surface area contributed by atoms with Crippen LogP contribution >= 0.6 is 22.6 Å². The third-order valence-electron chi connectivity index (χ3n) is 3.70. The summed E-state index contributed by atoms with van der Waals surface area (Å²) in [5, 5.41) is 6.97. The summed E-state index contributed by atoms with van der Waals surface area (Å²) in [4.78, 5) is 23.8. The van der Waals surface area contributed by atoms with Crippen molar-refractivity contribution in [3.8, 4) is 0 Å². The van der Waals surface area contributed by atoms with Gasteiger partial charge >= 0.3 is 0 Å². The minimum absolute atomic E-state index is 0.0992. The second-order valence-electron chi connectivity index (χ2n) is 5.78. The number of hydrogen-bond acceptors (Lipinski definition) is 3. The lowest BCUT2D eigenvalue weighted by Crippen LogP contribution is -2.22. The van der Waals surface area contributed by atoms with Crippen molar-refractivity contribution in [2.24, 2.45) is 5.10 Å². The van der Waals surface area contributed by atoms with Crippen molar-refractivity contribution >= 4 is 45.8 Å². The highest BCUT2D eigenvalue weighted by Crippen LogP contribution is 2.11. The normalized spacial score (nSPS) is 11.1. The maximum Gasteiger partial charge on any atom is 0.240 e. The zero-order chi connectivity index (χ0) is 18.8. The number of halogens is 1. The fourth-order valence-corrected chi connectivity index (χ4v) is 2.62. The van der Waals surface area contributed by atoms with Crippen LogP contribution in [0.25, 0.3) is 0 Å². The predicted molar refractivity (Wildman–Crippen MR) is 113 cm³/mol. The van der Waals surface area contributed by atoms with Gasteiger partial charge in [-0.05, 0) is 58.8 Å². The number of hydrogen-bond donors (Lipinski definition) is 2. The van der Waals surface area contributed by atoms with Gasteiger partial charge in [0.05, 0.1) is 0 Å². The van der Waals surface area contributed by atoms with Gasteiger partial charge in [0.1, 0.15) is 0 Å². The first-order valence-electron chi connectivity index (χ1n) is 8.50. The first-order chi connectivity index (χ1) is 12.6. The van der Waals surface area contributed by atoms with E-state index in [0.717, 1.165) is 27.0 Å². The molecule has 0 aliphatic carbocycles. The van der Waals surface area contributed by atoms with Crippen molar-refractivity contribution in [3.63, 3.8) is 0 Å². The monoisotopic (exact) mass is 463 g/mol. The third kappa shape index (κ3) is 7.35. The Kier molecular flexibility index (Phi) is 8.27. The van der Waals surface area contributed by atoms with Crippen LogP contribution in [0.15, 0.2) is 59.7 Å². The quantitative estimate of drug-likeness (QED) is 0.351. The molecule has 136 valence electrons. The minimum Gasteiger partial charge on any atom is -0.326 e. The second kappa shape index (κ2) is 10.7. The number of benzene rings is 2. The number of anilines is 1. The lowest BCUT2D eigenvalue weighted by Gasteiger charge is -2.06. The smallest absolute Gasteiger partial charge is 0.240 e. The number of nitrogens with one attached hydrogen (secondary N) is 2. The Hall–Kier alpha value is -2.22. The van der Waals surface area contributed by atoms with E-state index in [2.05, 4.69) is 38.4 Å². The van der Waals surface area contributed by atoms with Crippen molar-refractivity contribution in [2.45, 2.75) is 32.6 Å². The standard InChI is InChI=1S/C20H22IN3O2/c1-2-17(14-15-6-4-3-5-7-15)23-24-20(26)13-12-19(25)22-18-10-8-16(21)9-11-18/h3-11H,2,12-14H2,1H3,(H,22,25)(H,24,26). The molecule has 0 heterocycles. The van der Waals surface area contributed by atoms with Crippen LogP contribution in [-0.2, 0) is 16.0 Å². The molecule has 0 aromatic heterocycles. The topological polar surface area (TPSA) is 70.6 Å². The molecule has 26 heavy (non-hydrogen) atoms. The van der Waals surface area contributed by atoms with Crippen LogP contribution in [0.5, 0.6) is 0 Å². The van der Waals surface area contributed by atoms with Crippen LogP contribution in [0, 0.1) is 3.57 Å². The van der Waals surface area contributed by atoms with E-state index in [1.54, 1.807) is 0 Å². The number of carbonyl (C=O) groups excluding carboxylic acids is 2. The number of carbonyl (C=O) groups is 2. The average molecular weight is 463 g/mol. The van der Waals surface area contributed by atoms with E-state index in [4.69, 9.17) is 0 Å². The van der Waals surface area contributed by atoms with E-state index in [9.17, 15) is 9.59 Å². The summed E-state index contributed by atoms with van der Waals surface area (Å²) < 4.78 is 1.10.